The summed E-state index contributed by atoms with van der Waals surface area (Å²) in [4.78, 5) is 11.5. The number of hydrazone groups is 1. The molecule has 0 aromatic heterocycles. The quantitative estimate of drug-likeness (QED) is 0.244. The maximum Gasteiger partial charge on any atom is 0.416 e. The largest absolute Gasteiger partial charge is 0.482 e. The summed E-state index contributed by atoms with van der Waals surface area (Å²) < 4.78 is 42.5. The molecule has 0 saturated carbocycles. The van der Waals surface area contributed by atoms with Gasteiger partial charge in [-0.1, -0.05) is 0 Å². The minimum Gasteiger partial charge on any atom is -0.482 e. The molecule has 6 nitrogen and oxygen atoms in total. The van der Waals surface area contributed by atoms with Crippen molar-refractivity contribution >= 4 is 34.8 Å². The molecule has 0 aliphatic carbocycles. The smallest absolute Gasteiger partial charge is 0.416 e. The predicted molar refractivity (Wildman–Crippen MR) is 120 cm³/mol. The summed E-state index contributed by atoms with van der Waals surface area (Å²) in [6.45, 7) is 6.75. The number of carboxylic acid groups (broad SMARTS) is 1. The van der Waals surface area contributed by atoms with Crippen molar-refractivity contribution in [2.75, 3.05) is 12.0 Å². The van der Waals surface area contributed by atoms with Crippen LogP contribution in [-0.4, -0.2) is 33.9 Å². The molecule has 0 aliphatic rings. The molecule has 0 spiro atoms. The lowest BCUT2D eigenvalue weighted by atomic mass is 10.0. The molecule has 0 atom stereocenters. The number of anilines is 1. The number of aryl methyl sites for hydroxylation is 1. The Balaban J connectivity index is 2.05. The van der Waals surface area contributed by atoms with Crippen molar-refractivity contribution in [2.24, 2.45) is 5.10 Å². The van der Waals surface area contributed by atoms with Crippen LogP contribution in [0.5, 0.6) is 5.75 Å². The number of halogens is 3. The molecule has 2 rings (SSSR count). The van der Waals surface area contributed by atoms with Crippen LogP contribution in [0.3, 0.4) is 0 Å². The molecular formula is C22H24F3N3O3S. The molecule has 0 heterocycles. The molecule has 32 heavy (non-hydrogen) atoms. The maximum atomic E-state index is 12.7. The maximum absolute atomic E-state index is 12.7. The summed E-state index contributed by atoms with van der Waals surface area (Å²) in [5.41, 5.74) is 3.72. The predicted octanol–water partition coefficient (Wildman–Crippen LogP) is 5.86. The highest BCUT2D eigenvalue weighted by atomic mass is 32.2. The van der Waals surface area contributed by atoms with Gasteiger partial charge < -0.3 is 15.3 Å². The van der Waals surface area contributed by atoms with Crippen LogP contribution >= 0.6 is 11.8 Å². The molecule has 0 fully saturated rings. The Bertz CT molecular complexity index is 1020. The van der Waals surface area contributed by atoms with Crippen molar-refractivity contribution in [1.82, 2.24) is 0 Å². The minimum absolute atomic E-state index is 0.241. The highest BCUT2D eigenvalue weighted by molar-refractivity contribution is 8.01. The Morgan fingerprint density at radius 3 is 2.34 bits per heavy atom. The van der Waals surface area contributed by atoms with Gasteiger partial charge in [0.25, 0.3) is 0 Å². The van der Waals surface area contributed by atoms with Crippen LogP contribution in [0.15, 0.2) is 52.5 Å². The van der Waals surface area contributed by atoms with E-state index in [2.05, 4.69) is 10.5 Å². The summed E-state index contributed by atoms with van der Waals surface area (Å²) in [6.07, 6.45) is -4.40. The first kappa shape index (κ1) is 25.3. The van der Waals surface area contributed by atoms with Crippen LogP contribution in [0.4, 0.5) is 18.9 Å². The van der Waals surface area contributed by atoms with E-state index >= 15 is 0 Å². The lowest BCUT2D eigenvalue weighted by Gasteiger charge is -2.25. The number of hydrogen-bond donors (Lipinski definition) is 3. The zero-order valence-corrected chi connectivity index (χ0v) is 18.8. The number of aliphatic carboxylic acids is 1. The summed E-state index contributed by atoms with van der Waals surface area (Å²) in [5.74, 6) is -0.583. The Kier molecular flexibility index (Phi) is 7.95. The van der Waals surface area contributed by atoms with Crippen LogP contribution in [0.2, 0.25) is 0 Å². The molecule has 0 aliphatic heterocycles. The van der Waals surface area contributed by atoms with Crippen molar-refractivity contribution in [2.45, 2.75) is 43.5 Å². The number of hydrogen-bond acceptors (Lipinski definition) is 6. The first-order valence-corrected chi connectivity index (χ1v) is 10.3. The third-order valence-electron chi connectivity index (χ3n) is 4.40. The molecule has 0 bridgehead atoms. The average molecular weight is 468 g/mol. The summed E-state index contributed by atoms with van der Waals surface area (Å²) >= 11 is 1.43. The molecule has 172 valence electrons. The molecule has 0 radical (unpaired) electrons. The Morgan fingerprint density at radius 1 is 1.19 bits per heavy atom. The fraction of sp³-hybridized carbons (Fsp3) is 0.318. The fourth-order valence-electron chi connectivity index (χ4n) is 2.71. The van der Waals surface area contributed by atoms with E-state index in [1.165, 1.54) is 23.9 Å². The van der Waals surface area contributed by atoms with Crippen molar-refractivity contribution < 1.29 is 27.8 Å². The molecule has 2 aromatic carbocycles. The number of nitrogens with one attached hydrogen (secondary N) is 2. The number of nitrogens with zero attached hydrogens (tertiary/aromatic N) is 1. The van der Waals surface area contributed by atoms with Crippen molar-refractivity contribution in [1.29, 1.82) is 5.41 Å². The van der Waals surface area contributed by atoms with Gasteiger partial charge in [0.05, 0.1) is 27.4 Å². The second-order valence-electron chi connectivity index (χ2n) is 7.48. The fourth-order valence-corrected chi connectivity index (χ4v) is 3.92. The molecule has 0 unspecified atom stereocenters. The summed E-state index contributed by atoms with van der Waals surface area (Å²) in [7, 11) is 0. The van der Waals surface area contributed by atoms with Gasteiger partial charge in [0.2, 0.25) is 0 Å². The lowest BCUT2D eigenvalue weighted by molar-refractivity contribution is -0.139. The second kappa shape index (κ2) is 10.1. The van der Waals surface area contributed by atoms with Gasteiger partial charge in [0.15, 0.2) is 6.61 Å². The van der Waals surface area contributed by atoms with E-state index in [1.807, 2.05) is 19.9 Å². The van der Waals surface area contributed by atoms with E-state index in [-0.39, 0.29) is 5.71 Å². The number of benzene rings is 2. The molecule has 10 heteroatoms. The van der Waals surface area contributed by atoms with E-state index in [0.29, 0.717) is 17.1 Å². The van der Waals surface area contributed by atoms with Crippen molar-refractivity contribution in [3.8, 4) is 5.75 Å². The average Bonchev–Trinajstić information content (AvgIpc) is 2.70. The standard InChI is InChI=1S/C22H24F3N3O3S/c1-13-11-17(9-10-18(13)31-12-19(29)30)32-21(3,4)20(26)14(2)27-28-16-7-5-15(6-8-16)22(23,24)25/h5-11,26,28H,12H2,1-4H3,(H,29,30)/b26-20?,27-14-. The van der Waals surface area contributed by atoms with Gasteiger partial charge in [0, 0.05) is 4.90 Å². The van der Waals surface area contributed by atoms with Crippen molar-refractivity contribution in [3.63, 3.8) is 0 Å². The third kappa shape index (κ3) is 7.01. The van der Waals surface area contributed by atoms with Crippen LogP contribution < -0.4 is 10.2 Å². The van der Waals surface area contributed by atoms with Crippen LogP contribution in [-0.2, 0) is 11.0 Å². The summed E-state index contributed by atoms with van der Waals surface area (Å²) in [5, 5.41) is 21.4. The van der Waals surface area contributed by atoms with Gasteiger partial charge in [-0.3, -0.25) is 5.43 Å². The normalized spacial score (nSPS) is 12.4. The van der Waals surface area contributed by atoms with Crippen LogP contribution in [0, 0.1) is 12.3 Å². The number of rotatable bonds is 9. The van der Waals surface area contributed by atoms with Gasteiger partial charge in [-0.05, 0) is 75.7 Å². The monoisotopic (exact) mass is 467 g/mol. The molecule has 2 aromatic rings. The number of ether oxygens (including phenoxy) is 1. The van der Waals surface area contributed by atoms with Gasteiger partial charge >= 0.3 is 12.1 Å². The van der Waals surface area contributed by atoms with E-state index in [0.717, 1.165) is 22.6 Å². The number of carbonyl (C=O) groups is 1. The van der Waals surface area contributed by atoms with Gasteiger partial charge in [-0.15, -0.1) is 11.8 Å². The van der Waals surface area contributed by atoms with Crippen molar-refractivity contribution in [3.05, 3.63) is 53.6 Å². The van der Waals surface area contributed by atoms with E-state index in [4.69, 9.17) is 15.3 Å². The first-order valence-electron chi connectivity index (χ1n) is 9.51. The highest BCUT2D eigenvalue weighted by Gasteiger charge is 2.30. The Hall–Kier alpha value is -3.01. The third-order valence-corrected chi connectivity index (χ3v) is 5.60. The van der Waals surface area contributed by atoms with Gasteiger partial charge in [-0.25, -0.2) is 4.79 Å². The Labute approximate surface area is 188 Å². The van der Waals surface area contributed by atoms with E-state index < -0.39 is 29.1 Å². The minimum atomic E-state index is -4.40. The number of thioether (sulfide) groups is 1. The van der Waals surface area contributed by atoms with Crippen LogP contribution in [0.1, 0.15) is 31.9 Å². The first-order chi connectivity index (χ1) is 14.8. The molecular weight excluding hydrogens is 443 g/mol. The number of alkyl halides is 3. The SMILES string of the molecule is C/C(=N/Nc1ccc(C(F)(F)F)cc1)C(=N)C(C)(C)Sc1ccc(OCC(=O)O)c(C)c1. The highest BCUT2D eigenvalue weighted by Crippen LogP contribution is 2.36. The molecule has 3 N–H and O–H groups in total. The zero-order valence-electron chi connectivity index (χ0n) is 18.0. The second-order valence-corrected chi connectivity index (χ2v) is 9.18. The summed E-state index contributed by atoms with van der Waals surface area (Å²) in [6, 6.07) is 9.81. The lowest BCUT2D eigenvalue weighted by Crippen LogP contribution is -2.33. The Morgan fingerprint density at radius 2 is 1.81 bits per heavy atom. The molecule has 0 saturated heterocycles. The molecule has 0 amide bonds. The van der Waals surface area contributed by atoms with Gasteiger partial charge in [0.1, 0.15) is 5.75 Å². The topological polar surface area (TPSA) is 94.8 Å². The van der Waals surface area contributed by atoms with Crippen LogP contribution in [0.25, 0.3) is 0 Å². The number of carboxylic acids is 1. The zero-order chi connectivity index (χ0) is 24.1. The van der Waals surface area contributed by atoms with Gasteiger partial charge in [-0.2, -0.15) is 18.3 Å². The van der Waals surface area contributed by atoms with E-state index in [1.54, 1.807) is 26.0 Å². The van der Waals surface area contributed by atoms with E-state index in [9.17, 15) is 18.0 Å².